The van der Waals surface area contributed by atoms with Gasteiger partial charge in [0.05, 0.1) is 5.92 Å². The third kappa shape index (κ3) is 5.46. The number of benzene rings is 3. The Morgan fingerprint density at radius 1 is 0.879 bits per heavy atom. The molecule has 168 valence electrons. The number of aromatic amines is 1. The van der Waals surface area contributed by atoms with Crippen molar-refractivity contribution in [1.82, 2.24) is 10.3 Å². The molecule has 3 aromatic carbocycles. The molecule has 0 saturated heterocycles. The first-order valence-corrected chi connectivity index (χ1v) is 11.5. The van der Waals surface area contributed by atoms with Gasteiger partial charge in [0.25, 0.3) is 0 Å². The normalized spacial score (nSPS) is 12.9. The predicted octanol–water partition coefficient (Wildman–Crippen LogP) is 4.74. The number of carboxylic acid groups (broad SMARTS) is 1. The number of carboxylic acids is 1. The number of para-hydroxylation sites is 1. The second-order valence-corrected chi connectivity index (χ2v) is 8.47. The Hall–Kier alpha value is -3.51. The van der Waals surface area contributed by atoms with E-state index in [-0.39, 0.29) is 12.3 Å². The molecule has 0 radical (unpaired) electrons. The number of nitrogens with one attached hydrogen (secondary N) is 2. The maximum atomic E-state index is 12.9. The molecule has 4 rings (SSSR count). The van der Waals surface area contributed by atoms with E-state index in [9.17, 15) is 14.7 Å². The lowest BCUT2D eigenvalue weighted by molar-refractivity contribution is -0.142. The fourth-order valence-electron chi connectivity index (χ4n) is 4.00. The highest BCUT2D eigenvalue weighted by atomic mass is 32.1. The summed E-state index contributed by atoms with van der Waals surface area (Å²) in [4.78, 5) is 28.0. The molecule has 0 aliphatic heterocycles. The molecule has 0 spiro atoms. The van der Waals surface area contributed by atoms with Crippen molar-refractivity contribution in [2.75, 3.05) is 5.75 Å². The quantitative estimate of drug-likeness (QED) is 0.274. The van der Waals surface area contributed by atoms with Crippen LogP contribution in [0.15, 0.2) is 85.1 Å². The Morgan fingerprint density at radius 2 is 1.55 bits per heavy atom. The number of fused-ring (bicyclic) bond motifs is 1. The number of aliphatic carboxylic acids is 1. The summed E-state index contributed by atoms with van der Waals surface area (Å²) < 4.78 is 0. The number of carbonyl (C=O) groups is 2. The first-order chi connectivity index (χ1) is 16.0. The monoisotopic (exact) mass is 458 g/mol. The van der Waals surface area contributed by atoms with Crippen molar-refractivity contribution in [1.29, 1.82) is 0 Å². The average molecular weight is 459 g/mol. The number of carbonyl (C=O) groups excluding carboxylic acids is 1. The first-order valence-electron chi connectivity index (χ1n) is 10.9. The van der Waals surface area contributed by atoms with Gasteiger partial charge in [-0.3, -0.25) is 4.79 Å². The molecule has 0 aliphatic rings. The van der Waals surface area contributed by atoms with Gasteiger partial charge in [0, 0.05) is 29.3 Å². The number of rotatable bonds is 9. The van der Waals surface area contributed by atoms with Crippen LogP contribution in [0.3, 0.4) is 0 Å². The van der Waals surface area contributed by atoms with Crippen LogP contribution in [0.1, 0.15) is 11.1 Å². The first kappa shape index (κ1) is 22.7. The summed E-state index contributed by atoms with van der Waals surface area (Å²) in [6, 6.07) is 24.9. The number of hydrogen-bond acceptors (Lipinski definition) is 3. The Morgan fingerprint density at radius 3 is 2.24 bits per heavy atom. The molecule has 0 bridgehead atoms. The number of amides is 1. The maximum absolute atomic E-state index is 12.9. The summed E-state index contributed by atoms with van der Waals surface area (Å²) in [5.74, 6) is -1.46. The number of thiol groups is 1. The second-order valence-electron chi connectivity index (χ2n) is 8.11. The van der Waals surface area contributed by atoms with E-state index in [2.05, 4.69) is 35.1 Å². The average Bonchev–Trinajstić information content (AvgIpc) is 3.25. The van der Waals surface area contributed by atoms with Gasteiger partial charge in [-0.25, -0.2) is 4.79 Å². The zero-order chi connectivity index (χ0) is 23.2. The zero-order valence-electron chi connectivity index (χ0n) is 18.1. The van der Waals surface area contributed by atoms with E-state index in [1.165, 1.54) is 0 Å². The zero-order valence-corrected chi connectivity index (χ0v) is 19.0. The lowest BCUT2D eigenvalue weighted by Crippen LogP contribution is -2.45. The SMILES string of the molecule is O=C(N[C@@H](Cc1c[nH]c2ccccc12)C(=O)O)[C@H](CS)Cc1ccc(-c2ccccc2)cc1. The van der Waals surface area contributed by atoms with E-state index in [1.807, 2.05) is 66.7 Å². The summed E-state index contributed by atoms with van der Waals surface area (Å²) in [6.07, 6.45) is 2.50. The highest BCUT2D eigenvalue weighted by molar-refractivity contribution is 7.80. The molecule has 1 amide bonds. The number of aromatic nitrogens is 1. The third-order valence-corrected chi connectivity index (χ3v) is 6.29. The van der Waals surface area contributed by atoms with Crippen molar-refractivity contribution < 1.29 is 14.7 Å². The predicted molar refractivity (Wildman–Crippen MR) is 134 cm³/mol. The van der Waals surface area contributed by atoms with Gasteiger partial charge in [0.15, 0.2) is 0 Å². The van der Waals surface area contributed by atoms with Crippen molar-refractivity contribution in [3.05, 3.63) is 96.2 Å². The third-order valence-electron chi connectivity index (χ3n) is 5.85. The van der Waals surface area contributed by atoms with Crippen molar-refractivity contribution in [3.8, 4) is 11.1 Å². The van der Waals surface area contributed by atoms with Gasteiger partial charge in [-0.15, -0.1) is 0 Å². The second kappa shape index (κ2) is 10.4. The lowest BCUT2D eigenvalue weighted by atomic mass is 9.96. The largest absolute Gasteiger partial charge is 0.480 e. The molecule has 1 aromatic heterocycles. The molecule has 0 unspecified atom stereocenters. The van der Waals surface area contributed by atoms with Gasteiger partial charge in [-0.1, -0.05) is 72.8 Å². The highest BCUT2D eigenvalue weighted by Crippen LogP contribution is 2.22. The van der Waals surface area contributed by atoms with E-state index >= 15 is 0 Å². The molecule has 4 aromatic rings. The van der Waals surface area contributed by atoms with Crippen molar-refractivity contribution in [2.24, 2.45) is 5.92 Å². The standard InChI is InChI=1S/C27H26N2O3S/c30-26(29-25(27(31)32)15-21-16-28-24-9-5-4-8-23(21)24)22(17-33)14-18-10-12-20(13-11-18)19-6-2-1-3-7-19/h1-13,16,22,25,28,33H,14-15,17H2,(H,29,30)(H,31,32)/t22-,25-/m0/s1. The number of hydrogen-bond donors (Lipinski definition) is 4. The van der Waals surface area contributed by atoms with E-state index < -0.39 is 17.9 Å². The lowest BCUT2D eigenvalue weighted by Gasteiger charge is -2.19. The molecule has 6 heteroatoms. The molecular weight excluding hydrogens is 432 g/mol. The molecule has 3 N–H and O–H groups in total. The molecule has 5 nitrogen and oxygen atoms in total. The minimum atomic E-state index is -1.06. The van der Waals surface area contributed by atoms with Crippen LogP contribution in [0.25, 0.3) is 22.0 Å². The van der Waals surface area contributed by atoms with Gasteiger partial charge in [-0.2, -0.15) is 12.6 Å². The summed E-state index contributed by atoms with van der Waals surface area (Å²) in [7, 11) is 0. The summed E-state index contributed by atoms with van der Waals surface area (Å²) in [5.41, 5.74) is 5.05. The van der Waals surface area contributed by atoms with Crippen LogP contribution < -0.4 is 5.32 Å². The van der Waals surface area contributed by atoms with Crippen LogP contribution in [-0.2, 0) is 22.4 Å². The van der Waals surface area contributed by atoms with Crippen LogP contribution in [0.4, 0.5) is 0 Å². The summed E-state index contributed by atoms with van der Waals surface area (Å²) in [5, 5.41) is 13.4. The van der Waals surface area contributed by atoms with Crippen molar-refractivity contribution in [2.45, 2.75) is 18.9 Å². The summed E-state index contributed by atoms with van der Waals surface area (Å²) in [6.45, 7) is 0. The molecule has 0 fully saturated rings. The van der Waals surface area contributed by atoms with Crippen molar-refractivity contribution in [3.63, 3.8) is 0 Å². The fourth-order valence-corrected chi connectivity index (χ4v) is 4.29. The van der Waals surface area contributed by atoms with Crippen LogP contribution in [0.5, 0.6) is 0 Å². The van der Waals surface area contributed by atoms with Gasteiger partial charge in [-0.05, 0) is 34.7 Å². The van der Waals surface area contributed by atoms with Crippen LogP contribution in [0, 0.1) is 5.92 Å². The van der Waals surface area contributed by atoms with Gasteiger partial charge in [0.2, 0.25) is 5.91 Å². The molecule has 0 saturated carbocycles. The summed E-state index contributed by atoms with van der Waals surface area (Å²) >= 11 is 4.36. The molecule has 1 heterocycles. The Bertz CT molecular complexity index is 1240. The molecule has 0 aliphatic carbocycles. The van der Waals surface area contributed by atoms with E-state index in [4.69, 9.17) is 0 Å². The smallest absolute Gasteiger partial charge is 0.326 e. The molecular formula is C27H26N2O3S. The van der Waals surface area contributed by atoms with Gasteiger partial charge >= 0.3 is 5.97 Å². The van der Waals surface area contributed by atoms with Crippen LogP contribution in [-0.4, -0.2) is 33.8 Å². The van der Waals surface area contributed by atoms with E-state index in [0.29, 0.717) is 12.2 Å². The minimum Gasteiger partial charge on any atom is -0.480 e. The topological polar surface area (TPSA) is 82.2 Å². The molecule has 33 heavy (non-hydrogen) atoms. The highest BCUT2D eigenvalue weighted by Gasteiger charge is 2.26. The Kier molecular flexibility index (Phi) is 7.15. The van der Waals surface area contributed by atoms with Crippen LogP contribution >= 0.6 is 12.6 Å². The van der Waals surface area contributed by atoms with Crippen molar-refractivity contribution >= 4 is 35.4 Å². The Labute approximate surface area is 198 Å². The van der Waals surface area contributed by atoms with Gasteiger partial charge in [0.1, 0.15) is 6.04 Å². The minimum absolute atomic E-state index is 0.205. The maximum Gasteiger partial charge on any atom is 0.326 e. The van der Waals surface area contributed by atoms with E-state index in [1.54, 1.807) is 6.20 Å². The fraction of sp³-hybridized carbons (Fsp3) is 0.185. The van der Waals surface area contributed by atoms with E-state index in [0.717, 1.165) is 33.2 Å². The Balaban J connectivity index is 1.43. The van der Waals surface area contributed by atoms with Gasteiger partial charge < -0.3 is 15.4 Å². The van der Waals surface area contributed by atoms with Crippen LogP contribution in [0.2, 0.25) is 0 Å². The number of H-pyrrole nitrogens is 1. The molecule has 2 atom stereocenters.